The number of aliphatic hydroxyl groups excluding tert-OH is 1. The van der Waals surface area contributed by atoms with Crippen LogP contribution in [-0.2, 0) is 0 Å². The Morgan fingerprint density at radius 3 is 2.86 bits per heavy atom. The molecule has 0 spiro atoms. The number of benzene rings is 1. The summed E-state index contributed by atoms with van der Waals surface area (Å²) < 4.78 is 1.61. The average Bonchev–Trinajstić information content (AvgIpc) is 2.96. The standard InChI is InChI=1S/C16H20ClN3O2/c1-11(2)15(6-7-21)19-16(22)12-9-18-20(10-12)14-5-3-4-13(17)8-14/h3-5,8-11,15,21H,6-7H2,1-2H3,(H,19,22). The van der Waals surface area contributed by atoms with Gasteiger partial charge in [-0.25, -0.2) is 4.68 Å². The van der Waals surface area contributed by atoms with Gasteiger partial charge in [0, 0.05) is 23.9 Å². The van der Waals surface area contributed by atoms with Crippen molar-refractivity contribution >= 4 is 17.5 Å². The maximum Gasteiger partial charge on any atom is 0.254 e. The van der Waals surface area contributed by atoms with Gasteiger partial charge in [-0.1, -0.05) is 31.5 Å². The fourth-order valence-corrected chi connectivity index (χ4v) is 2.35. The van der Waals surface area contributed by atoms with Crippen LogP contribution in [0.2, 0.25) is 5.02 Å². The summed E-state index contributed by atoms with van der Waals surface area (Å²) in [5.74, 6) is 0.0551. The predicted octanol–water partition coefficient (Wildman–Crippen LogP) is 2.66. The molecule has 0 aliphatic heterocycles. The molecule has 5 nitrogen and oxygen atoms in total. The zero-order chi connectivity index (χ0) is 16.1. The fraction of sp³-hybridized carbons (Fsp3) is 0.375. The van der Waals surface area contributed by atoms with Crippen molar-refractivity contribution in [2.75, 3.05) is 6.61 Å². The Hall–Kier alpha value is -1.85. The van der Waals surface area contributed by atoms with Crippen LogP contribution < -0.4 is 5.32 Å². The summed E-state index contributed by atoms with van der Waals surface area (Å²) in [6.45, 7) is 4.07. The first-order chi connectivity index (χ1) is 10.5. The summed E-state index contributed by atoms with van der Waals surface area (Å²) in [4.78, 5) is 12.3. The molecule has 118 valence electrons. The zero-order valence-corrected chi connectivity index (χ0v) is 13.4. The van der Waals surface area contributed by atoms with E-state index in [1.165, 1.54) is 6.20 Å². The summed E-state index contributed by atoms with van der Waals surface area (Å²) in [6, 6.07) is 7.19. The maximum atomic E-state index is 12.3. The van der Waals surface area contributed by atoms with Gasteiger partial charge < -0.3 is 10.4 Å². The monoisotopic (exact) mass is 321 g/mol. The highest BCUT2D eigenvalue weighted by Crippen LogP contribution is 2.15. The SMILES string of the molecule is CC(C)C(CCO)NC(=O)c1cnn(-c2cccc(Cl)c2)c1. The number of aliphatic hydroxyl groups is 1. The summed E-state index contributed by atoms with van der Waals surface area (Å²) in [7, 11) is 0. The number of carbonyl (C=O) groups is 1. The van der Waals surface area contributed by atoms with Crippen LogP contribution in [-0.4, -0.2) is 33.4 Å². The van der Waals surface area contributed by atoms with E-state index < -0.39 is 0 Å². The van der Waals surface area contributed by atoms with Gasteiger partial charge in [0.05, 0.1) is 17.4 Å². The van der Waals surface area contributed by atoms with E-state index in [4.69, 9.17) is 16.7 Å². The Balaban J connectivity index is 2.12. The Bertz CT molecular complexity index is 640. The first-order valence-corrected chi connectivity index (χ1v) is 7.61. The lowest BCUT2D eigenvalue weighted by Crippen LogP contribution is -2.39. The van der Waals surface area contributed by atoms with Crippen LogP contribution in [0.25, 0.3) is 5.69 Å². The van der Waals surface area contributed by atoms with Gasteiger partial charge in [-0.2, -0.15) is 5.10 Å². The van der Waals surface area contributed by atoms with Crippen molar-refractivity contribution in [3.05, 3.63) is 47.2 Å². The molecule has 0 bridgehead atoms. The number of carbonyl (C=O) groups excluding carboxylic acids is 1. The van der Waals surface area contributed by atoms with E-state index >= 15 is 0 Å². The third-order valence-electron chi connectivity index (χ3n) is 3.48. The van der Waals surface area contributed by atoms with Crippen LogP contribution in [0.4, 0.5) is 0 Å². The average molecular weight is 322 g/mol. The fourth-order valence-electron chi connectivity index (χ4n) is 2.16. The molecule has 1 aromatic carbocycles. The summed E-state index contributed by atoms with van der Waals surface area (Å²) in [5.41, 5.74) is 1.27. The number of halogens is 1. The molecular formula is C16H20ClN3O2. The van der Waals surface area contributed by atoms with Gasteiger partial charge in [-0.15, -0.1) is 0 Å². The van der Waals surface area contributed by atoms with Gasteiger partial charge >= 0.3 is 0 Å². The van der Waals surface area contributed by atoms with Crippen molar-refractivity contribution in [2.45, 2.75) is 26.3 Å². The second-order valence-corrected chi connectivity index (χ2v) is 5.93. The molecule has 0 saturated heterocycles. The summed E-state index contributed by atoms with van der Waals surface area (Å²) in [5, 5.41) is 16.8. The molecule has 1 amide bonds. The van der Waals surface area contributed by atoms with Crippen molar-refractivity contribution < 1.29 is 9.90 Å². The second-order valence-electron chi connectivity index (χ2n) is 5.49. The number of hydrogen-bond acceptors (Lipinski definition) is 3. The van der Waals surface area contributed by atoms with E-state index in [0.29, 0.717) is 17.0 Å². The third kappa shape index (κ3) is 4.08. The third-order valence-corrected chi connectivity index (χ3v) is 3.71. The van der Waals surface area contributed by atoms with E-state index in [0.717, 1.165) is 5.69 Å². The van der Waals surface area contributed by atoms with Crippen LogP contribution >= 0.6 is 11.6 Å². The molecule has 0 fully saturated rings. The van der Waals surface area contributed by atoms with Gasteiger partial charge in [0.15, 0.2) is 0 Å². The number of rotatable bonds is 6. The summed E-state index contributed by atoms with van der Waals surface area (Å²) >= 11 is 5.96. The molecule has 0 aliphatic rings. The number of aromatic nitrogens is 2. The van der Waals surface area contributed by atoms with Crippen LogP contribution in [0.15, 0.2) is 36.7 Å². The van der Waals surface area contributed by atoms with Crippen LogP contribution in [0, 0.1) is 5.92 Å². The number of nitrogens with zero attached hydrogens (tertiary/aromatic N) is 2. The molecule has 1 atom stereocenters. The van der Waals surface area contributed by atoms with Gasteiger partial charge in [-0.3, -0.25) is 4.79 Å². The molecule has 1 aromatic heterocycles. The van der Waals surface area contributed by atoms with Crippen molar-refractivity contribution in [3.8, 4) is 5.69 Å². The largest absolute Gasteiger partial charge is 0.396 e. The minimum absolute atomic E-state index is 0.0465. The Morgan fingerprint density at radius 1 is 1.45 bits per heavy atom. The highest BCUT2D eigenvalue weighted by Gasteiger charge is 2.17. The van der Waals surface area contributed by atoms with Crippen LogP contribution in [0.1, 0.15) is 30.6 Å². The highest BCUT2D eigenvalue weighted by atomic mass is 35.5. The number of nitrogens with one attached hydrogen (secondary N) is 1. The smallest absolute Gasteiger partial charge is 0.254 e. The first kappa shape index (κ1) is 16.5. The molecule has 1 heterocycles. The van der Waals surface area contributed by atoms with Gasteiger partial charge in [0.25, 0.3) is 5.91 Å². The lowest BCUT2D eigenvalue weighted by Gasteiger charge is -2.21. The van der Waals surface area contributed by atoms with Crippen molar-refractivity contribution in [1.82, 2.24) is 15.1 Å². The first-order valence-electron chi connectivity index (χ1n) is 7.23. The maximum absolute atomic E-state index is 12.3. The Morgan fingerprint density at radius 2 is 2.23 bits per heavy atom. The molecule has 2 rings (SSSR count). The van der Waals surface area contributed by atoms with Gasteiger partial charge in [0.1, 0.15) is 0 Å². The Kier molecular flexibility index (Phi) is 5.57. The van der Waals surface area contributed by atoms with Gasteiger partial charge in [-0.05, 0) is 30.5 Å². The molecule has 0 saturated carbocycles. The quantitative estimate of drug-likeness (QED) is 0.859. The normalized spacial score (nSPS) is 12.4. The predicted molar refractivity (Wildman–Crippen MR) is 86.4 cm³/mol. The van der Waals surface area contributed by atoms with Crippen LogP contribution in [0.3, 0.4) is 0 Å². The minimum atomic E-state index is -0.194. The molecule has 1 unspecified atom stereocenters. The van der Waals surface area contributed by atoms with Crippen LogP contribution in [0.5, 0.6) is 0 Å². The molecule has 0 radical (unpaired) electrons. The van der Waals surface area contributed by atoms with Crippen molar-refractivity contribution in [1.29, 1.82) is 0 Å². The number of hydrogen-bond donors (Lipinski definition) is 2. The molecule has 22 heavy (non-hydrogen) atoms. The highest BCUT2D eigenvalue weighted by molar-refractivity contribution is 6.30. The van der Waals surface area contributed by atoms with Gasteiger partial charge in [0.2, 0.25) is 0 Å². The molecular weight excluding hydrogens is 302 g/mol. The van der Waals surface area contributed by atoms with E-state index in [2.05, 4.69) is 10.4 Å². The number of amides is 1. The lowest BCUT2D eigenvalue weighted by atomic mass is 10.0. The molecule has 2 N–H and O–H groups in total. The molecule has 2 aromatic rings. The van der Waals surface area contributed by atoms with Crippen molar-refractivity contribution in [3.63, 3.8) is 0 Å². The molecule has 6 heteroatoms. The Labute approximate surface area is 134 Å². The van der Waals surface area contributed by atoms with Crippen molar-refractivity contribution in [2.24, 2.45) is 5.92 Å². The topological polar surface area (TPSA) is 67.2 Å². The van der Waals surface area contributed by atoms with E-state index in [1.54, 1.807) is 23.0 Å². The minimum Gasteiger partial charge on any atom is -0.396 e. The summed E-state index contributed by atoms with van der Waals surface area (Å²) in [6.07, 6.45) is 3.72. The lowest BCUT2D eigenvalue weighted by molar-refractivity contribution is 0.0916. The van der Waals surface area contributed by atoms with E-state index in [-0.39, 0.29) is 24.5 Å². The zero-order valence-electron chi connectivity index (χ0n) is 12.7. The molecule has 0 aliphatic carbocycles. The second kappa shape index (κ2) is 7.42. The van der Waals surface area contributed by atoms with E-state index in [1.807, 2.05) is 26.0 Å². The van der Waals surface area contributed by atoms with E-state index in [9.17, 15) is 4.79 Å².